The fourth-order valence-corrected chi connectivity index (χ4v) is 1.52. The van der Waals surface area contributed by atoms with E-state index in [2.05, 4.69) is 24.9 Å². The van der Waals surface area contributed by atoms with Crippen molar-refractivity contribution in [2.24, 2.45) is 4.99 Å². The van der Waals surface area contributed by atoms with Gasteiger partial charge < -0.3 is 0 Å². The second-order valence-corrected chi connectivity index (χ2v) is 3.66. The first-order valence-corrected chi connectivity index (χ1v) is 4.94. The molecule has 68 valence electrons. The van der Waals surface area contributed by atoms with Crippen molar-refractivity contribution in [3.05, 3.63) is 11.6 Å². The normalized spacial score (nSPS) is 21.2. The summed E-state index contributed by atoms with van der Waals surface area (Å²) in [5.41, 5.74) is 2.88. The summed E-state index contributed by atoms with van der Waals surface area (Å²) in [5.74, 6) is 0. The summed E-state index contributed by atoms with van der Waals surface area (Å²) in [5, 5.41) is 0. The Hall–Kier alpha value is -0.590. The molecule has 0 aromatic rings. The van der Waals surface area contributed by atoms with Crippen LogP contribution in [-0.4, -0.2) is 12.3 Å². The molecular weight excluding hydrogens is 146 g/mol. The molecule has 0 aromatic heterocycles. The Morgan fingerprint density at radius 2 is 2.00 bits per heavy atom. The predicted molar refractivity (Wildman–Crippen MR) is 54.8 cm³/mol. The lowest BCUT2D eigenvalue weighted by atomic mass is 10.1. The van der Waals surface area contributed by atoms with Crippen molar-refractivity contribution in [2.75, 3.05) is 6.54 Å². The van der Waals surface area contributed by atoms with E-state index < -0.39 is 0 Å². The number of rotatable bonds is 0. The Labute approximate surface area is 75.6 Å². The van der Waals surface area contributed by atoms with Gasteiger partial charge in [0.15, 0.2) is 0 Å². The van der Waals surface area contributed by atoms with Gasteiger partial charge in [-0.05, 0) is 46.0 Å². The highest BCUT2D eigenvalue weighted by atomic mass is 14.7. The average Bonchev–Trinajstić information content (AvgIpc) is 2.06. The molecule has 12 heavy (non-hydrogen) atoms. The van der Waals surface area contributed by atoms with Crippen LogP contribution in [0.3, 0.4) is 0 Å². The van der Waals surface area contributed by atoms with Crippen molar-refractivity contribution in [2.45, 2.75) is 46.0 Å². The van der Waals surface area contributed by atoms with E-state index in [0.29, 0.717) is 0 Å². The van der Waals surface area contributed by atoms with Gasteiger partial charge >= 0.3 is 0 Å². The van der Waals surface area contributed by atoms with E-state index in [1.54, 1.807) is 5.57 Å². The van der Waals surface area contributed by atoms with Crippen molar-refractivity contribution in [1.29, 1.82) is 0 Å². The monoisotopic (exact) mass is 165 g/mol. The lowest BCUT2D eigenvalue weighted by molar-refractivity contribution is 0.788. The highest BCUT2D eigenvalue weighted by Gasteiger charge is 1.96. The molecule has 1 rings (SSSR count). The molecule has 1 nitrogen and oxygen atoms in total. The standard InChI is InChI=1S/C11H19N/c1-10-6-3-4-8-11(2)12-9-5-7-10/h6H,3-5,7-9H2,1-2H3. The third-order valence-electron chi connectivity index (χ3n) is 2.35. The zero-order chi connectivity index (χ0) is 8.81. The zero-order valence-corrected chi connectivity index (χ0v) is 8.27. The highest BCUT2D eigenvalue weighted by Crippen LogP contribution is 2.10. The van der Waals surface area contributed by atoms with E-state index in [-0.39, 0.29) is 0 Å². The van der Waals surface area contributed by atoms with Crippen LogP contribution < -0.4 is 0 Å². The van der Waals surface area contributed by atoms with E-state index in [4.69, 9.17) is 0 Å². The van der Waals surface area contributed by atoms with Gasteiger partial charge in [0.2, 0.25) is 0 Å². The summed E-state index contributed by atoms with van der Waals surface area (Å²) in [7, 11) is 0. The minimum absolute atomic E-state index is 1.02. The number of nitrogens with zero attached hydrogens (tertiary/aromatic N) is 1. The first kappa shape index (κ1) is 9.50. The molecule has 1 heteroatoms. The predicted octanol–water partition coefficient (Wildman–Crippen LogP) is 3.36. The van der Waals surface area contributed by atoms with E-state index in [0.717, 1.165) is 6.54 Å². The molecule has 0 aromatic carbocycles. The molecule has 0 saturated carbocycles. The van der Waals surface area contributed by atoms with Gasteiger partial charge in [0.05, 0.1) is 0 Å². The minimum atomic E-state index is 1.02. The van der Waals surface area contributed by atoms with Crippen LogP contribution in [0, 0.1) is 0 Å². The summed E-state index contributed by atoms with van der Waals surface area (Å²) < 4.78 is 0. The van der Waals surface area contributed by atoms with Crippen molar-refractivity contribution in [3.63, 3.8) is 0 Å². The highest BCUT2D eigenvalue weighted by molar-refractivity contribution is 5.81. The maximum Gasteiger partial charge on any atom is 0.0391 e. The number of hydrogen-bond donors (Lipinski definition) is 0. The van der Waals surface area contributed by atoms with Crippen LogP contribution in [0.15, 0.2) is 16.6 Å². The van der Waals surface area contributed by atoms with Gasteiger partial charge in [-0.1, -0.05) is 11.6 Å². The Bertz CT molecular complexity index is 167. The SMILES string of the molecule is CC1=CCCCC(C)=NCCC1. The van der Waals surface area contributed by atoms with Gasteiger partial charge in [0.25, 0.3) is 0 Å². The van der Waals surface area contributed by atoms with Crippen molar-refractivity contribution < 1.29 is 0 Å². The maximum atomic E-state index is 4.51. The maximum absolute atomic E-state index is 4.51. The van der Waals surface area contributed by atoms with Crippen molar-refractivity contribution in [1.82, 2.24) is 0 Å². The Balaban J connectivity index is 2.43. The zero-order valence-electron chi connectivity index (χ0n) is 8.27. The van der Waals surface area contributed by atoms with Gasteiger partial charge in [0.1, 0.15) is 0 Å². The van der Waals surface area contributed by atoms with Gasteiger partial charge in [-0.2, -0.15) is 0 Å². The molecule has 0 radical (unpaired) electrons. The van der Waals surface area contributed by atoms with Crippen molar-refractivity contribution >= 4 is 5.71 Å². The molecular formula is C11H19N. The Morgan fingerprint density at radius 1 is 1.17 bits per heavy atom. The van der Waals surface area contributed by atoms with Gasteiger partial charge in [-0.25, -0.2) is 0 Å². The minimum Gasteiger partial charge on any atom is -0.294 e. The van der Waals surface area contributed by atoms with Gasteiger partial charge in [-0.15, -0.1) is 0 Å². The second-order valence-electron chi connectivity index (χ2n) is 3.66. The van der Waals surface area contributed by atoms with Gasteiger partial charge in [0, 0.05) is 12.3 Å². The molecule has 0 saturated heterocycles. The largest absolute Gasteiger partial charge is 0.294 e. The quantitative estimate of drug-likeness (QED) is 0.488. The fourth-order valence-electron chi connectivity index (χ4n) is 1.52. The molecule has 1 heterocycles. The summed E-state index contributed by atoms with van der Waals surface area (Å²) in [4.78, 5) is 4.51. The van der Waals surface area contributed by atoms with Crippen LogP contribution in [0.1, 0.15) is 46.0 Å². The summed E-state index contributed by atoms with van der Waals surface area (Å²) in [6.45, 7) is 5.41. The van der Waals surface area contributed by atoms with Crippen molar-refractivity contribution in [3.8, 4) is 0 Å². The van der Waals surface area contributed by atoms with Crippen LogP contribution in [0.25, 0.3) is 0 Å². The van der Waals surface area contributed by atoms with Crippen LogP contribution in [0.4, 0.5) is 0 Å². The van der Waals surface area contributed by atoms with E-state index >= 15 is 0 Å². The summed E-state index contributed by atoms with van der Waals surface area (Å²) in [6.07, 6.45) is 8.53. The van der Waals surface area contributed by atoms with Crippen LogP contribution in [0.2, 0.25) is 0 Å². The molecule has 0 atom stereocenters. The summed E-state index contributed by atoms with van der Waals surface area (Å²) >= 11 is 0. The van der Waals surface area contributed by atoms with Crippen LogP contribution in [-0.2, 0) is 0 Å². The van der Waals surface area contributed by atoms with Crippen LogP contribution >= 0.6 is 0 Å². The molecule has 0 bridgehead atoms. The van der Waals surface area contributed by atoms with Gasteiger partial charge in [-0.3, -0.25) is 4.99 Å². The number of aliphatic imine (C=N–C) groups is 1. The first-order chi connectivity index (χ1) is 5.79. The Morgan fingerprint density at radius 3 is 2.83 bits per heavy atom. The third-order valence-corrected chi connectivity index (χ3v) is 2.35. The Kier molecular flexibility index (Phi) is 4.06. The molecule has 0 spiro atoms. The molecule has 1 aliphatic rings. The fraction of sp³-hybridized carbons (Fsp3) is 0.727. The van der Waals surface area contributed by atoms with E-state index in [9.17, 15) is 0 Å². The lowest BCUT2D eigenvalue weighted by Crippen LogP contribution is -1.96. The topological polar surface area (TPSA) is 12.4 Å². The second kappa shape index (κ2) is 5.13. The third kappa shape index (κ3) is 3.70. The average molecular weight is 165 g/mol. The van der Waals surface area contributed by atoms with E-state index in [1.807, 2.05) is 0 Å². The molecule has 0 amide bonds. The van der Waals surface area contributed by atoms with Crippen LogP contribution in [0.5, 0.6) is 0 Å². The number of hydrogen-bond acceptors (Lipinski definition) is 1. The molecule has 0 aliphatic carbocycles. The number of allylic oxidation sites excluding steroid dienone is 2. The molecule has 1 aliphatic heterocycles. The lowest BCUT2D eigenvalue weighted by Gasteiger charge is -2.05. The summed E-state index contributed by atoms with van der Waals surface area (Å²) in [6, 6.07) is 0. The van der Waals surface area contributed by atoms with E-state index in [1.165, 1.54) is 37.8 Å². The first-order valence-electron chi connectivity index (χ1n) is 4.94. The smallest absolute Gasteiger partial charge is 0.0391 e. The molecule has 0 fully saturated rings. The molecule has 0 N–H and O–H groups in total. The molecule has 0 unspecified atom stereocenters.